The molecule has 0 bridgehead atoms. The normalized spacial score (nSPS) is 15.0. The standard InChI is InChI=1S/C25H20N2O5S/c1-3-15-4-10-18(11-5-15)27-23(29)20(22(28)26-25(27)33)14-19-12-13-21(32-19)16-6-8-17(9-7-16)24(30)31-2/h4-14H,3H2,1-2H3,(H,26,28,33)/b20-14+. The van der Waals surface area contributed by atoms with Gasteiger partial charge in [0.05, 0.1) is 18.4 Å². The van der Waals surface area contributed by atoms with Crippen molar-refractivity contribution >= 4 is 46.9 Å². The summed E-state index contributed by atoms with van der Waals surface area (Å²) < 4.78 is 10.5. The van der Waals surface area contributed by atoms with Gasteiger partial charge in [0.15, 0.2) is 5.11 Å². The van der Waals surface area contributed by atoms with Gasteiger partial charge in [-0.2, -0.15) is 0 Å². The fraction of sp³-hybridized carbons (Fsp3) is 0.120. The van der Waals surface area contributed by atoms with Crippen LogP contribution in [0.1, 0.15) is 28.6 Å². The summed E-state index contributed by atoms with van der Waals surface area (Å²) in [5.74, 6) is -0.709. The van der Waals surface area contributed by atoms with E-state index in [1.807, 2.05) is 19.1 Å². The Bertz CT molecular complexity index is 1270. The van der Waals surface area contributed by atoms with E-state index in [-0.39, 0.29) is 10.7 Å². The summed E-state index contributed by atoms with van der Waals surface area (Å²) in [5, 5.41) is 2.59. The number of rotatable bonds is 5. The zero-order chi connectivity index (χ0) is 23.5. The van der Waals surface area contributed by atoms with E-state index < -0.39 is 17.8 Å². The maximum atomic E-state index is 13.1. The summed E-state index contributed by atoms with van der Waals surface area (Å²) in [6, 6.07) is 17.5. The summed E-state index contributed by atoms with van der Waals surface area (Å²) in [4.78, 5) is 38.5. The Kier molecular flexibility index (Phi) is 6.19. The molecule has 8 heteroatoms. The van der Waals surface area contributed by atoms with Crippen molar-refractivity contribution in [1.29, 1.82) is 0 Å². The van der Waals surface area contributed by atoms with Crippen molar-refractivity contribution in [1.82, 2.24) is 5.32 Å². The van der Waals surface area contributed by atoms with Crippen molar-refractivity contribution in [2.75, 3.05) is 12.0 Å². The first-order valence-electron chi connectivity index (χ1n) is 10.2. The van der Waals surface area contributed by atoms with Gasteiger partial charge >= 0.3 is 5.97 Å². The summed E-state index contributed by atoms with van der Waals surface area (Å²) in [6.45, 7) is 2.04. The Balaban J connectivity index is 1.60. The maximum Gasteiger partial charge on any atom is 0.337 e. The van der Waals surface area contributed by atoms with Gasteiger partial charge in [-0.15, -0.1) is 0 Å². The number of furan rings is 1. The second-order valence-corrected chi connectivity index (χ2v) is 7.64. The van der Waals surface area contributed by atoms with Crippen molar-refractivity contribution in [2.45, 2.75) is 13.3 Å². The van der Waals surface area contributed by atoms with E-state index in [0.717, 1.165) is 17.5 Å². The molecule has 0 unspecified atom stereocenters. The van der Waals surface area contributed by atoms with Gasteiger partial charge in [-0.1, -0.05) is 31.2 Å². The number of methoxy groups -OCH3 is 1. The first-order chi connectivity index (χ1) is 15.9. The molecular weight excluding hydrogens is 440 g/mol. The minimum absolute atomic E-state index is 0.0252. The number of esters is 1. The van der Waals surface area contributed by atoms with Crippen LogP contribution in [0.4, 0.5) is 5.69 Å². The number of aryl methyl sites for hydroxylation is 1. The number of hydrogen-bond acceptors (Lipinski definition) is 6. The number of hydrogen-bond donors (Lipinski definition) is 1. The number of ether oxygens (including phenoxy) is 1. The number of benzene rings is 2. The zero-order valence-electron chi connectivity index (χ0n) is 18.0. The monoisotopic (exact) mass is 460 g/mol. The topological polar surface area (TPSA) is 88.8 Å². The average molecular weight is 461 g/mol. The Hall–Kier alpha value is -4.04. The van der Waals surface area contributed by atoms with Gasteiger partial charge in [-0.25, -0.2) is 4.79 Å². The molecule has 2 heterocycles. The molecule has 1 N–H and O–H groups in total. The highest BCUT2D eigenvalue weighted by Crippen LogP contribution is 2.26. The van der Waals surface area contributed by atoms with Crippen LogP contribution in [0.2, 0.25) is 0 Å². The predicted octanol–water partition coefficient (Wildman–Crippen LogP) is 4.13. The lowest BCUT2D eigenvalue weighted by molar-refractivity contribution is -0.122. The molecule has 7 nitrogen and oxygen atoms in total. The summed E-state index contributed by atoms with van der Waals surface area (Å²) in [6.07, 6.45) is 2.26. The number of thiocarbonyl (C=S) groups is 1. The molecule has 33 heavy (non-hydrogen) atoms. The Labute approximate surface area is 195 Å². The summed E-state index contributed by atoms with van der Waals surface area (Å²) >= 11 is 5.24. The molecule has 3 aromatic rings. The molecule has 4 rings (SSSR count). The minimum atomic E-state index is -0.591. The van der Waals surface area contributed by atoms with Crippen LogP contribution in [0.15, 0.2) is 70.7 Å². The number of nitrogens with zero attached hydrogens (tertiary/aromatic N) is 1. The quantitative estimate of drug-likeness (QED) is 0.267. The van der Waals surface area contributed by atoms with Crippen molar-refractivity contribution in [3.63, 3.8) is 0 Å². The second kappa shape index (κ2) is 9.22. The Morgan fingerprint density at radius 3 is 2.39 bits per heavy atom. The fourth-order valence-electron chi connectivity index (χ4n) is 3.39. The van der Waals surface area contributed by atoms with Gasteiger partial charge < -0.3 is 9.15 Å². The first kappa shape index (κ1) is 22.2. The maximum absolute atomic E-state index is 13.1. The molecule has 1 fully saturated rings. The molecule has 0 spiro atoms. The number of anilines is 1. The lowest BCUT2D eigenvalue weighted by Gasteiger charge is -2.28. The van der Waals surface area contributed by atoms with E-state index in [1.54, 1.807) is 48.5 Å². The molecule has 2 amide bonds. The van der Waals surface area contributed by atoms with E-state index in [2.05, 4.69) is 5.32 Å². The largest absolute Gasteiger partial charge is 0.465 e. The van der Waals surface area contributed by atoms with Crippen molar-refractivity contribution in [3.8, 4) is 11.3 Å². The average Bonchev–Trinajstić information content (AvgIpc) is 3.30. The van der Waals surface area contributed by atoms with E-state index in [9.17, 15) is 14.4 Å². The van der Waals surface area contributed by atoms with E-state index in [4.69, 9.17) is 21.4 Å². The third-order valence-electron chi connectivity index (χ3n) is 5.21. The van der Waals surface area contributed by atoms with Gasteiger partial charge in [0.2, 0.25) is 0 Å². The van der Waals surface area contributed by atoms with Gasteiger partial charge in [-0.3, -0.25) is 19.8 Å². The van der Waals surface area contributed by atoms with Gasteiger partial charge in [0.1, 0.15) is 17.1 Å². The Morgan fingerprint density at radius 1 is 1.06 bits per heavy atom. The fourth-order valence-corrected chi connectivity index (χ4v) is 3.67. The molecule has 0 saturated carbocycles. The predicted molar refractivity (Wildman–Crippen MR) is 128 cm³/mol. The lowest BCUT2D eigenvalue weighted by Crippen LogP contribution is -2.54. The van der Waals surface area contributed by atoms with Crippen molar-refractivity contribution in [2.24, 2.45) is 0 Å². The molecule has 1 aliphatic heterocycles. The van der Waals surface area contributed by atoms with Crippen molar-refractivity contribution in [3.05, 3.63) is 83.1 Å². The lowest BCUT2D eigenvalue weighted by atomic mass is 10.1. The second-order valence-electron chi connectivity index (χ2n) is 7.25. The van der Waals surface area contributed by atoms with E-state index >= 15 is 0 Å². The SMILES string of the molecule is CCc1ccc(N2C(=O)/C(=C/c3ccc(-c4ccc(C(=O)OC)cc4)o3)C(=O)NC2=S)cc1. The number of carbonyl (C=O) groups is 3. The zero-order valence-corrected chi connectivity index (χ0v) is 18.8. The van der Waals surface area contributed by atoms with Gasteiger partial charge in [0.25, 0.3) is 11.8 Å². The van der Waals surface area contributed by atoms with Crippen molar-refractivity contribution < 1.29 is 23.5 Å². The molecule has 1 aromatic heterocycles. The highest BCUT2D eigenvalue weighted by Gasteiger charge is 2.34. The number of amides is 2. The molecule has 2 aromatic carbocycles. The summed E-state index contributed by atoms with van der Waals surface area (Å²) in [5.41, 5.74) is 2.74. The van der Waals surface area contributed by atoms with Crippen LogP contribution in [0.3, 0.4) is 0 Å². The molecular formula is C25H20N2O5S. The minimum Gasteiger partial charge on any atom is -0.465 e. The molecule has 0 radical (unpaired) electrons. The highest BCUT2D eigenvalue weighted by molar-refractivity contribution is 7.80. The smallest absolute Gasteiger partial charge is 0.337 e. The molecule has 1 saturated heterocycles. The number of nitrogens with one attached hydrogen (secondary N) is 1. The van der Waals surface area contributed by atoms with Crippen LogP contribution in [-0.4, -0.2) is 30.0 Å². The third-order valence-corrected chi connectivity index (χ3v) is 5.49. The molecule has 166 valence electrons. The van der Waals surface area contributed by atoms with Gasteiger partial charge in [-0.05, 0) is 66.7 Å². The van der Waals surface area contributed by atoms with Crippen LogP contribution >= 0.6 is 12.2 Å². The molecule has 0 aliphatic carbocycles. The molecule has 0 atom stereocenters. The highest BCUT2D eigenvalue weighted by atomic mass is 32.1. The van der Waals surface area contributed by atoms with Crippen LogP contribution < -0.4 is 10.2 Å². The number of carbonyl (C=O) groups excluding carboxylic acids is 3. The van der Waals surface area contributed by atoms with E-state index in [1.165, 1.54) is 18.1 Å². The van der Waals surface area contributed by atoms with Crippen LogP contribution in [0.5, 0.6) is 0 Å². The van der Waals surface area contributed by atoms with Crippen LogP contribution in [0.25, 0.3) is 17.4 Å². The Morgan fingerprint density at radius 2 is 1.76 bits per heavy atom. The van der Waals surface area contributed by atoms with Crippen LogP contribution in [0, 0.1) is 0 Å². The van der Waals surface area contributed by atoms with Crippen LogP contribution in [-0.2, 0) is 20.7 Å². The van der Waals surface area contributed by atoms with Gasteiger partial charge in [0, 0.05) is 5.56 Å². The first-order valence-corrected chi connectivity index (χ1v) is 10.6. The third kappa shape index (κ3) is 4.47. The van der Waals surface area contributed by atoms with E-state index in [0.29, 0.717) is 22.8 Å². The summed E-state index contributed by atoms with van der Waals surface area (Å²) in [7, 11) is 1.32. The molecule has 1 aliphatic rings.